The second-order valence-electron chi connectivity index (χ2n) is 5.45. The molecule has 0 spiro atoms. The molecule has 0 aliphatic heterocycles. The Labute approximate surface area is 118 Å². The van der Waals surface area contributed by atoms with Crippen molar-refractivity contribution in [2.75, 3.05) is 7.11 Å². The number of carbonyl (C=O) groups is 1. The maximum Gasteiger partial charge on any atom is 0.220 e. The molecule has 1 amide bonds. The highest BCUT2D eigenvalue weighted by Crippen LogP contribution is 2.23. The van der Waals surface area contributed by atoms with Crippen molar-refractivity contribution in [2.24, 2.45) is 0 Å². The molecular weight excluding hydrogens is 252 g/mol. The summed E-state index contributed by atoms with van der Waals surface area (Å²) in [6.45, 7) is 0. The summed E-state index contributed by atoms with van der Waals surface area (Å²) in [5.41, 5.74) is 2.34. The lowest BCUT2D eigenvalue weighted by molar-refractivity contribution is -0.123. The van der Waals surface area contributed by atoms with E-state index in [1.165, 1.54) is 10.9 Å². The van der Waals surface area contributed by atoms with Crippen LogP contribution < -0.4 is 5.32 Å². The Morgan fingerprint density at radius 1 is 1.40 bits per heavy atom. The van der Waals surface area contributed by atoms with Gasteiger partial charge >= 0.3 is 0 Å². The van der Waals surface area contributed by atoms with Gasteiger partial charge in [0.25, 0.3) is 0 Å². The number of aromatic nitrogens is 1. The van der Waals surface area contributed by atoms with Crippen molar-refractivity contribution in [2.45, 2.75) is 37.8 Å². The number of ether oxygens (including phenoxy) is 1. The zero-order valence-electron chi connectivity index (χ0n) is 11.7. The summed E-state index contributed by atoms with van der Waals surface area (Å²) in [4.78, 5) is 15.2. The van der Waals surface area contributed by atoms with Crippen LogP contribution >= 0.6 is 0 Å². The molecule has 2 N–H and O–H groups in total. The highest BCUT2D eigenvalue weighted by atomic mass is 16.5. The fraction of sp³-hybridized carbons (Fsp3) is 0.438. The van der Waals surface area contributed by atoms with Crippen LogP contribution in [0.1, 0.15) is 24.8 Å². The largest absolute Gasteiger partial charge is 0.381 e. The van der Waals surface area contributed by atoms with Gasteiger partial charge in [-0.05, 0) is 30.9 Å². The van der Waals surface area contributed by atoms with Crippen LogP contribution in [-0.4, -0.2) is 30.1 Å². The fourth-order valence-corrected chi connectivity index (χ4v) is 2.76. The Balaban J connectivity index is 1.51. The average molecular weight is 272 g/mol. The monoisotopic (exact) mass is 272 g/mol. The van der Waals surface area contributed by atoms with Gasteiger partial charge in [0.2, 0.25) is 5.91 Å². The Kier molecular flexibility index (Phi) is 3.74. The molecule has 3 rings (SSSR count). The van der Waals surface area contributed by atoms with E-state index in [-0.39, 0.29) is 5.91 Å². The van der Waals surface area contributed by atoms with E-state index in [0.29, 0.717) is 18.6 Å². The van der Waals surface area contributed by atoms with E-state index in [1.54, 1.807) is 7.11 Å². The van der Waals surface area contributed by atoms with E-state index in [9.17, 15) is 4.79 Å². The number of aromatic amines is 1. The number of amides is 1. The summed E-state index contributed by atoms with van der Waals surface area (Å²) in [7, 11) is 1.72. The quantitative estimate of drug-likeness (QED) is 0.878. The van der Waals surface area contributed by atoms with Crippen LogP contribution in [-0.2, 0) is 16.0 Å². The molecule has 4 heteroatoms. The number of carbonyl (C=O) groups excluding carboxylic acids is 1. The first-order valence-electron chi connectivity index (χ1n) is 7.13. The van der Waals surface area contributed by atoms with Crippen LogP contribution in [0, 0.1) is 0 Å². The second kappa shape index (κ2) is 5.67. The van der Waals surface area contributed by atoms with Crippen LogP contribution in [0.3, 0.4) is 0 Å². The topological polar surface area (TPSA) is 54.1 Å². The van der Waals surface area contributed by atoms with Crippen LogP contribution in [0.4, 0.5) is 0 Å². The molecule has 0 radical (unpaired) electrons. The predicted molar refractivity (Wildman–Crippen MR) is 78.6 cm³/mol. The lowest BCUT2D eigenvalue weighted by Gasteiger charge is -2.34. The molecular formula is C16H20N2O2. The fourth-order valence-electron chi connectivity index (χ4n) is 2.76. The first kappa shape index (κ1) is 13.2. The first-order valence-corrected chi connectivity index (χ1v) is 7.13. The van der Waals surface area contributed by atoms with Crippen LogP contribution in [0.25, 0.3) is 10.9 Å². The minimum Gasteiger partial charge on any atom is -0.381 e. The average Bonchev–Trinajstić information content (AvgIpc) is 2.83. The summed E-state index contributed by atoms with van der Waals surface area (Å²) in [6.07, 6.45) is 5.52. The Hall–Kier alpha value is -1.81. The van der Waals surface area contributed by atoms with Crippen molar-refractivity contribution in [1.29, 1.82) is 0 Å². The third-order valence-corrected chi connectivity index (χ3v) is 4.09. The SMILES string of the molecule is COC1CC(NC(=O)CCc2c[nH]c3ccccc23)C1. The minimum atomic E-state index is 0.134. The number of aryl methyl sites for hydroxylation is 1. The van der Waals surface area contributed by atoms with Crippen molar-refractivity contribution < 1.29 is 9.53 Å². The zero-order valence-corrected chi connectivity index (χ0v) is 11.7. The molecule has 1 saturated carbocycles. The molecule has 106 valence electrons. The second-order valence-corrected chi connectivity index (χ2v) is 5.45. The van der Waals surface area contributed by atoms with Gasteiger partial charge in [-0.2, -0.15) is 0 Å². The Morgan fingerprint density at radius 3 is 3.00 bits per heavy atom. The smallest absolute Gasteiger partial charge is 0.220 e. The number of methoxy groups -OCH3 is 1. The summed E-state index contributed by atoms with van der Waals surface area (Å²) >= 11 is 0. The standard InChI is InChI=1S/C16H20N2O2/c1-20-13-8-12(9-13)18-16(19)7-6-11-10-17-15-5-3-2-4-14(11)15/h2-5,10,12-13,17H,6-9H2,1H3,(H,18,19). The minimum absolute atomic E-state index is 0.134. The molecule has 4 nitrogen and oxygen atoms in total. The number of nitrogens with one attached hydrogen (secondary N) is 2. The van der Waals surface area contributed by atoms with Crippen LogP contribution in [0.5, 0.6) is 0 Å². The molecule has 1 aromatic carbocycles. The molecule has 20 heavy (non-hydrogen) atoms. The lowest BCUT2D eigenvalue weighted by Crippen LogP contribution is -2.47. The van der Waals surface area contributed by atoms with Gasteiger partial charge in [0.15, 0.2) is 0 Å². The van der Waals surface area contributed by atoms with Gasteiger partial charge in [-0.1, -0.05) is 18.2 Å². The molecule has 0 atom stereocenters. The zero-order chi connectivity index (χ0) is 13.9. The maximum atomic E-state index is 11.9. The number of hydrogen-bond donors (Lipinski definition) is 2. The highest BCUT2D eigenvalue weighted by Gasteiger charge is 2.29. The summed E-state index contributed by atoms with van der Waals surface area (Å²) in [5, 5.41) is 4.27. The molecule has 0 bridgehead atoms. The number of fused-ring (bicyclic) bond motifs is 1. The van der Waals surface area contributed by atoms with E-state index >= 15 is 0 Å². The number of para-hydroxylation sites is 1. The normalized spacial score (nSPS) is 21.6. The Morgan fingerprint density at radius 2 is 2.20 bits per heavy atom. The van der Waals surface area contributed by atoms with Crippen molar-refractivity contribution in [3.63, 3.8) is 0 Å². The van der Waals surface area contributed by atoms with E-state index in [4.69, 9.17) is 4.74 Å². The molecule has 1 fully saturated rings. The van der Waals surface area contributed by atoms with E-state index < -0.39 is 0 Å². The summed E-state index contributed by atoms with van der Waals surface area (Å²) < 4.78 is 5.21. The molecule has 2 aromatic rings. The van der Waals surface area contributed by atoms with E-state index in [0.717, 1.165) is 24.8 Å². The van der Waals surface area contributed by atoms with Gasteiger partial charge in [0, 0.05) is 36.7 Å². The molecule has 1 aliphatic rings. The van der Waals surface area contributed by atoms with Crippen molar-refractivity contribution in [3.05, 3.63) is 36.0 Å². The van der Waals surface area contributed by atoms with E-state index in [1.807, 2.05) is 18.3 Å². The molecule has 1 heterocycles. The van der Waals surface area contributed by atoms with Crippen molar-refractivity contribution in [1.82, 2.24) is 10.3 Å². The third-order valence-electron chi connectivity index (χ3n) is 4.09. The number of H-pyrrole nitrogens is 1. The lowest BCUT2D eigenvalue weighted by atomic mass is 9.89. The van der Waals surface area contributed by atoms with Gasteiger partial charge in [-0.25, -0.2) is 0 Å². The van der Waals surface area contributed by atoms with E-state index in [2.05, 4.69) is 22.4 Å². The number of hydrogen-bond acceptors (Lipinski definition) is 2. The van der Waals surface area contributed by atoms with Gasteiger partial charge in [-0.15, -0.1) is 0 Å². The van der Waals surface area contributed by atoms with Crippen LogP contribution in [0.2, 0.25) is 0 Å². The summed E-state index contributed by atoms with van der Waals surface area (Å²) in [6, 6.07) is 8.49. The van der Waals surface area contributed by atoms with Gasteiger partial charge in [0.1, 0.15) is 0 Å². The Bertz CT molecular complexity index is 599. The number of benzene rings is 1. The molecule has 0 unspecified atom stereocenters. The van der Waals surface area contributed by atoms with Gasteiger partial charge < -0.3 is 15.0 Å². The maximum absolute atomic E-state index is 11.9. The highest BCUT2D eigenvalue weighted by molar-refractivity contribution is 5.84. The predicted octanol–water partition coefficient (Wildman–Crippen LogP) is 2.39. The third kappa shape index (κ3) is 2.70. The first-order chi connectivity index (χ1) is 9.76. The van der Waals surface area contributed by atoms with Crippen molar-refractivity contribution in [3.8, 4) is 0 Å². The van der Waals surface area contributed by atoms with Crippen LogP contribution in [0.15, 0.2) is 30.5 Å². The van der Waals surface area contributed by atoms with Gasteiger partial charge in [-0.3, -0.25) is 4.79 Å². The summed E-state index contributed by atoms with van der Waals surface area (Å²) in [5.74, 6) is 0.134. The van der Waals surface area contributed by atoms with Gasteiger partial charge in [0.05, 0.1) is 6.10 Å². The molecule has 1 aromatic heterocycles. The molecule has 0 saturated heterocycles. The number of rotatable bonds is 5. The van der Waals surface area contributed by atoms with Crippen molar-refractivity contribution >= 4 is 16.8 Å². The molecule has 1 aliphatic carbocycles.